The molecule has 1 saturated carbocycles. The Morgan fingerprint density at radius 1 is 1.18 bits per heavy atom. The average Bonchev–Trinajstić information content (AvgIpc) is 2.30. The van der Waals surface area contributed by atoms with E-state index in [-0.39, 0.29) is 12.4 Å². The molecule has 1 aliphatic heterocycles. The lowest BCUT2D eigenvalue weighted by Crippen LogP contribution is -2.43. The number of Topliss-reactive ketones (excluding diaryl/α,β-unsaturated/α-hetero) is 1. The standard InChI is InChI=1S/C14H25NO.ClH/c1-12(16)11-14(7-9-15-10-8-14)13-5-3-2-4-6-13;/h13,15H,2-11H2,1H3;1H. The minimum atomic E-state index is 0. The van der Waals surface area contributed by atoms with Gasteiger partial charge in [-0.15, -0.1) is 12.4 Å². The minimum Gasteiger partial charge on any atom is -0.317 e. The van der Waals surface area contributed by atoms with Crippen LogP contribution in [0.5, 0.6) is 0 Å². The van der Waals surface area contributed by atoms with E-state index in [4.69, 9.17) is 0 Å². The van der Waals surface area contributed by atoms with Gasteiger partial charge < -0.3 is 10.1 Å². The molecule has 2 rings (SSSR count). The van der Waals surface area contributed by atoms with Crippen molar-refractivity contribution in [1.82, 2.24) is 5.32 Å². The molecule has 0 bridgehead atoms. The van der Waals surface area contributed by atoms with Gasteiger partial charge in [0.05, 0.1) is 0 Å². The number of carbonyl (C=O) groups is 1. The molecule has 0 aromatic carbocycles. The van der Waals surface area contributed by atoms with Crippen LogP contribution >= 0.6 is 12.4 Å². The highest BCUT2D eigenvalue weighted by Crippen LogP contribution is 2.47. The number of hydrogen-bond acceptors (Lipinski definition) is 2. The Morgan fingerprint density at radius 3 is 2.29 bits per heavy atom. The van der Waals surface area contributed by atoms with E-state index in [0.717, 1.165) is 25.4 Å². The van der Waals surface area contributed by atoms with Crippen LogP contribution in [0.3, 0.4) is 0 Å². The normalized spacial score (nSPS) is 25.0. The summed E-state index contributed by atoms with van der Waals surface area (Å²) in [5.41, 5.74) is 0.359. The molecule has 0 amide bonds. The highest BCUT2D eigenvalue weighted by molar-refractivity contribution is 5.85. The van der Waals surface area contributed by atoms with E-state index in [1.807, 2.05) is 0 Å². The zero-order valence-electron chi connectivity index (χ0n) is 11.0. The predicted octanol–water partition coefficient (Wildman–Crippen LogP) is 3.34. The van der Waals surface area contributed by atoms with Crippen molar-refractivity contribution in [2.45, 2.75) is 58.3 Å². The van der Waals surface area contributed by atoms with Crippen molar-refractivity contribution in [2.75, 3.05) is 13.1 Å². The lowest BCUT2D eigenvalue weighted by Gasteiger charge is -2.45. The first-order chi connectivity index (χ1) is 7.73. The molecule has 0 radical (unpaired) electrons. The second kappa shape index (κ2) is 6.75. The molecule has 0 spiro atoms. The van der Waals surface area contributed by atoms with Gasteiger partial charge in [0.25, 0.3) is 0 Å². The van der Waals surface area contributed by atoms with Gasteiger partial charge in [0.1, 0.15) is 5.78 Å². The first-order valence-corrected chi connectivity index (χ1v) is 6.93. The number of piperidine rings is 1. The largest absolute Gasteiger partial charge is 0.317 e. The Kier molecular flexibility index (Phi) is 5.94. The predicted molar refractivity (Wildman–Crippen MR) is 73.7 cm³/mol. The molecule has 3 heteroatoms. The molecule has 1 N–H and O–H groups in total. The average molecular weight is 260 g/mol. The Morgan fingerprint density at radius 2 is 1.76 bits per heavy atom. The molecule has 2 fully saturated rings. The first-order valence-electron chi connectivity index (χ1n) is 6.93. The molecule has 2 aliphatic rings. The van der Waals surface area contributed by atoms with Crippen LogP contribution in [-0.4, -0.2) is 18.9 Å². The third-order valence-corrected chi connectivity index (χ3v) is 4.67. The summed E-state index contributed by atoms with van der Waals surface area (Å²) in [6.07, 6.45) is 10.2. The lowest BCUT2D eigenvalue weighted by atomic mass is 9.62. The van der Waals surface area contributed by atoms with Crippen molar-refractivity contribution in [3.05, 3.63) is 0 Å². The molecule has 0 aromatic rings. The summed E-state index contributed by atoms with van der Waals surface area (Å²) in [7, 11) is 0. The number of rotatable bonds is 3. The summed E-state index contributed by atoms with van der Waals surface area (Å²) in [5, 5.41) is 3.44. The van der Waals surface area contributed by atoms with Gasteiger partial charge in [-0.1, -0.05) is 19.3 Å². The van der Waals surface area contributed by atoms with E-state index in [1.165, 1.54) is 44.9 Å². The van der Waals surface area contributed by atoms with Crippen molar-refractivity contribution in [1.29, 1.82) is 0 Å². The van der Waals surface area contributed by atoms with Gasteiger partial charge in [-0.05, 0) is 57.0 Å². The van der Waals surface area contributed by atoms with Crippen LogP contribution in [0.2, 0.25) is 0 Å². The molecule has 1 heterocycles. The fourth-order valence-electron chi connectivity index (χ4n) is 3.86. The molecule has 2 nitrogen and oxygen atoms in total. The lowest BCUT2D eigenvalue weighted by molar-refractivity contribution is -0.121. The zero-order valence-corrected chi connectivity index (χ0v) is 11.8. The summed E-state index contributed by atoms with van der Waals surface area (Å²) < 4.78 is 0. The van der Waals surface area contributed by atoms with Gasteiger partial charge in [-0.3, -0.25) is 0 Å². The maximum absolute atomic E-state index is 11.5. The van der Waals surface area contributed by atoms with Gasteiger partial charge in [-0.25, -0.2) is 0 Å². The third-order valence-electron chi connectivity index (χ3n) is 4.67. The number of carbonyl (C=O) groups excluding carboxylic acids is 1. The van der Waals surface area contributed by atoms with Gasteiger partial charge in [-0.2, -0.15) is 0 Å². The maximum atomic E-state index is 11.5. The van der Waals surface area contributed by atoms with Crippen molar-refractivity contribution < 1.29 is 4.79 Å². The molecule has 0 atom stereocenters. The molecule has 1 aliphatic carbocycles. The Balaban J connectivity index is 0.00000144. The molecule has 17 heavy (non-hydrogen) atoms. The maximum Gasteiger partial charge on any atom is 0.130 e. The number of ketones is 1. The van der Waals surface area contributed by atoms with Crippen molar-refractivity contribution >= 4 is 18.2 Å². The number of halogens is 1. The fourth-order valence-corrected chi connectivity index (χ4v) is 3.86. The summed E-state index contributed by atoms with van der Waals surface area (Å²) >= 11 is 0. The van der Waals surface area contributed by atoms with Crippen LogP contribution in [-0.2, 0) is 4.79 Å². The molecular weight excluding hydrogens is 234 g/mol. The fraction of sp³-hybridized carbons (Fsp3) is 0.929. The van der Waals surface area contributed by atoms with Gasteiger partial charge in [0.2, 0.25) is 0 Å². The van der Waals surface area contributed by atoms with Crippen LogP contribution in [0.25, 0.3) is 0 Å². The van der Waals surface area contributed by atoms with Crippen LogP contribution < -0.4 is 5.32 Å². The number of nitrogens with one attached hydrogen (secondary N) is 1. The Labute approximate surface area is 111 Å². The van der Waals surface area contributed by atoms with Crippen LogP contribution in [0.1, 0.15) is 58.3 Å². The van der Waals surface area contributed by atoms with Crippen molar-refractivity contribution in [3.8, 4) is 0 Å². The topological polar surface area (TPSA) is 29.1 Å². The van der Waals surface area contributed by atoms with E-state index < -0.39 is 0 Å². The molecule has 0 unspecified atom stereocenters. The Hall–Kier alpha value is -0.0800. The van der Waals surface area contributed by atoms with Gasteiger partial charge >= 0.3 is 0 Å². The second-order valence-electron chi connectivity index (χ2n) is 5.83. The quantitative estimate of drug-likeness (QED) is 0.842. The second-order valence-corrected chi connectivity index (χ2v) is 5.83. The van der Waals surface area contributed by atoms with Gasteiger partial charge in [0.15, 0.2) is 0 Å². The van der Waals surface area contributed by atoms with E-state index >= 15 is 0 Å². The highest BCUT2D eigenvalue weighted by atomic mass is 35.5. The van der Waals surface area contributed by atoms with Crippen molar-refractivity contribution in [2.24, 2.45) is 11.3 Å². The molecule has 1 saturated heterocycles. The minimum absolute atomic E-state index is 0. The smallest absolute Gasteiger partial charge is 0.130 e. The summed E-state index contributed by atoms with van der Waals surface area (Å²) in [6.45, 7) is 4.00. The van der Waals surface area contributed by atoms with Crippen LogP contribution in [0.15, 0.2) is 0 Å². The van der Waals surface area contributed by atoms with E-state index in [0.29, 0.717) is 11.2 Å². The third kappa shape index (κ3) is 3.69. The van der Waals surface area contributed by atoms with Crippen LogP contribution in [0, 0.1) is 11.3 Å². The van der Waals surface area contributed by atoms with E-state index in [2.05, 4.69) is 5.32 Å². The summed E-state index contributed by atoms with van der Waals surface area (Å²) in [5.74, 6) is 1.22. The van der Waals surface area contributed by atoms with Crippen LogP contribution in [0.4, 0.5) is 0 Å². The zero-order chi connectivity index (χ0) is 11.4. The Bertz CT molecular complexity index is 243. The van der Waals surface area contributed by atoms with E-state index in [1.54, 1.807) is 6.92 Å². The van der Waals surface area contributed by atoms with Crippen molar-refractivity contribution in [3.63, 3.8) is 0 Å². The van der Waals surface area contributed by atoms with E-state index in [9.17, 15) is 4.79 Å². The number of hydrogen-bond donors (Lipinski definition) is 1. The molecular formula is C14H26ClNO. The summed E-state index contributed by atoms with van der Waals surface area (Å²) in [4.78, 5) is 11.5. The summed E-state index contributed by atoms with van der Waals surface area (Å²) in [6, 6.07) is 0. The highest BCUT2D eigenvalue weighted by Gasteiger charge is 2.40. The first kappa shape index (κ1) is 15.0. The SMILES string of the molecule is CC(=O)CC1(C2CCCCC2)CCNCC1.Cl. The van der Waals surface area contributed by atoms with Gasteiger partial charge in [0, 0.05) is 6.42 Å². The monoisotopic (exact) mass is 259 g/mol. The molecule has 100 valence electrons. The molecule has 0 aromatic heterocycles.